The molecule has 0 aliphatic heterocycles. The summed E-state index contributed by atoms with van der Waals surface area (Å²) < 4.78 is 159. The minimum Gasteiger partial charge on any atom is -0.389 e. The lowest BCUT2D eigenvalue weighted by Gasteiger charge is -2.23. The second-order valence-corrected chi connectivity index (χ2v) is 20.5. The van der Waals surface area contributed by atoms with Gasteiger partial charge in [0.1, 0.15) is 40.9 Å². The smallest absolute Gasteiger partial charge is 0.389 e. The van der Waals surface area contributed by atoms with Crippen molar-refractivity contribution in [1.29, 1.82) is 0 Å². The number of nitrogens with zero attached hydrogens (tertiary/aromatic N) is 6. The Hall–Kier alpha value is -5.38. The molecule has 3 atom stereocenters. The number of fused-ring (bicyclic) bond motifs is 2. The number of urea groups is 1. The van der Waals surface area contributed by atoms with Crippen molar-refractivity contribution in [2.75, 3.05) is 23.4 Å². The van der Waals surface area contributed by atoms with Crippen molar-refractivity contribution in [3.8, 4) is 23.0 Å². The Kier molecular flexibility index (Phi) is 14.9. The number of aromatic nitrogens is 5. The number of hydrogen-bond donors (Lipinski definition) is 3. The number of carbonyl (C=O) groups excluding carboxylic acids is 2. The van der Waals surface area contributed by atoms with Gasteiger partial charge in [0, 0.05) is 59.0 Å². The van der Waals surface area contributed by atoms with E-state index in [1.54, 1.807) is 13.8 Å². The highest BCUT2D eigenvalue weighted by molar-refractivity contribution is 8.00. The molecule has 6 rings (SSSR count). The van der Waals surface area contributed by atoms with Crippen LogP contribution >= 0.6 is 23.5 Å². The number of nitrogens with one attached hydrogen (secondary N) is 2. The summed E-state index contributed by atoms with van der Waals surface area (Å²) >= 11 is 7.45. The molecule has 25 heteroatoms. The molecule has 69 heavy (non-hydrogen) atoms. The fraction of sp³-hybridized carbons (Fsp3) is 0.432. The average molecular weight is 1040 g/mol. The van der Waals surface area contributed by atoms with Crippen molar-refractivity contribution in [1.82, 2.24) is 35.2 Å². The monoisotopic (exact) mass is 1040 g/mol. The predicted molar refractivity (Wildman–Crippen MR) is 240 cm³/mol. The van der Waals surface area contributed by atoms with Crippen LogP contribution < -0.4 is 14.9 Å². The zero-order valence-electron chi connectivity index (χ0n) is 37.6. The van der Waals surface area contributed by atoms with E-state index in [0.717, 1.165) is 35.3 Å². The standard InChI is InChI=1S/C44H43ClF10N8O4S2/c1-22-18-42(48,49)37-32(22)36(44(53,54)55)59-61(37)19-31(64)58-30(16-23-14-24(46)17-25(47)15-23)34-27(9-8-26(57-34)12-13-41(4,5)69(7)67)28-10-11-29(45)33-35(28)62(21-43(50,51)52)60-38(33)63(68-6)39(65)56-20-40(2,3)66/h8-11,14-15,17,22,30,66H,16,18-21H2,1-7H3,(H,56,65)(H,58,64)/t22-,30?,69?/m0/s1. The van der Waals surface area contributed by atoms with Gasteiger partial charge in [0.25, 0.3) is 5.92 Å². The van der Waals surface area contributed by atoms with Crippen molar-refractivity contribution in [2.45, 2.75) is 101 Å². The van der Waals surface area contributed by atoms with Gasteiger partial charge in [-0.25, -0.2) is 22.9 Å². The molecule has 5 aromatic rings. The summed E-state index contributed by atoms with van der Waals surface area (Å²) in [4.78, 5) is 32.3. The molecule has 3 aromatic heterocycles. The third-order valence-electron chi connectivity index (χ3n) is 10.8. The maximum absolute atomic E-state index is 15.4. The number of hydrogen-bond acceptors (Lipinski definition) is 8. The van der Waals surface area contributed by atoms with E-state index in [2.05, 4.69) is 37.7 Å². The number of pyridine rings is 1. The number of benzene rings is 2. The quantitative estimate of drug-likeness (QED) is 0.0601. The van der Waals surface area contributed by atoms with Crippen LogP contribution in [0.4, 0.5) is 54.5 Å². The summed E-state index contributed by atoms with van der Waals surface area (Å²) in [7, 11) is -1.53. The van der Waals surface area contributed by atoms with Crippen LogP contribution in [0.3, 0.4) is 0 Å². The molecule has 12 nitrogen and oxygen atoms in total. The summed E-state index contributed by atoms with van der Waals surface area (Å²) in [6, 6.07) is 4.93. The van der Waals surface area contributed by atoms with Crippen LogP contribution in [0.15, 0.2) is 42.5 Å². The molecule has 3 amide bonds. The lowest BCUT2D eigenvalue weighted by molar-refractivity contribution is -0.143. The Balaban J connectivity index is 1.62. The molecule has 1 aliphatic rings. The molecule has 2 unspecified atom stereocenters. The first-order chi connectivity index (χ1) is 31.8. The Morgan fingerprint density at radius 2 is 1.65 bits per heavy atom. The van der Waals surface area contributed by atoms with E-state index in [4.69, 9.17) is 11.6 Å². The van der Waals surface area contributed by atoms with Crippen LogP contribution in [0.1, 0.15) is 86.9 Å². The number of alkyl halides is 8. The highest BCUT2D eigenvalue weighted by Crippen LogP contribution is 2.52. The van der Waals surface area contributed by atoms with Crippen LogP contribution in [0.2, 0.25) is 5.02 Å². The lowest BCUT2D eigenvalue weighted by atomic mass is 9.93. The molecule has 0 spiro atoms. The van der Waals surface area contributed by atoms with Gasteiger partial charge in [-0.05, 0) is 93.8 Å². The number of amides is 3. The fourth-order valence-electron chi connectivity index (χ4n) is 7.65. The third kappa shape index (κ3) is 12.0. The molecule has 0 fully saturated rings. The second-order valence-electron chi connectivity index (χ2n) is 17.4. The molecular formula is C44H43ClF10N8O4S2. The maximum Gasteiger partial charge on any atom is 0.435 e. The molecular weight excluding hydrogens is 994 g/mol. The number of halogens is 11. The van der Waals surface area contributed by atoms with Gasteiger partial charge >= 0.3 is 18.4 Å². The van der Waals surface area contributed by atoms with E-state index in [0.29, 0.717) is 10.7 Å². The van der Waals surface area contributed by atoms with Crippen molar-refractivity contribution in [3.63, 3.8) is 0 Å². The SMILES string of the molecule is CSN(C(=O)NCC(C)(C)O)c1nn(CC(F)(F)F)c2c(-c3ccc(C#CC(C)(C)S(C)=O)nc3C(Cc3cc(F)cc(F)c3)NC(=O)Cn3nc(C(F)(F)F)c4c3C(F)(F)C[C@@H]4C)ccc(Cl)c12. The van der Waals surface area contributed by atoms with Gasteiger partial charge in [-0.1, -0.05) is 30.5 Å². The number of rotatable bonds is 13. The number of carbonyl (C=O) groups is 2. The van der Waals surface area contributed by atoms with Crippen molar-refractivity contribution in [2.24, 2.45) is 0 Å². The van der Waals surface area contributed by atoms with Gasteiger partial charge in [0.05, 0.1) is 33.3 Å². The van der Waals surface area contributed by atoms with Crippen molar-refractivity contribution in [3.05, 3.63) is 93.0 Å². The summed E-state index contributed by atoms with van der Waals surface area (Å²) in [6.07, 6.45) is -8.95. The van der Waals surface area contributed by atoms with Crippen LogP contribution in [-0.2, 0) is 47.2 Å². The van der Waals surface area contributed by atoms with Gasteiger partial charge in [0.15, 0.2) is 11.5 Å². The summed E-state index contributed by atoms with van der Waals surface area (Å²) in [5.74, 6) is -3.35. The molecule has 3 N–H and O–H groups in total. The molecule has 0 radical (unpaired) electrons. The molecule has 0 saturated carbocycles. The summed E-state index contributed by atoms with van der Waals surface area (Å²) in [6.45, 7) is 3.75. The molecule has 1 aliphatic carbocycles. The normalized spacial score (nSPS) is 15.9. The van der Waals surface area contributed by atoms with Crippen molar-refractivity contribution >= 4 is 63.0 Å². The first-order valence-electron chi connectivity index (χ1n) is 20.6. The molecule has 0 bridgehead atoms. The third-order valence-corrected chi connectivity index (χ3v) is 13.3. The van der Waals surface area contributed by atoms with Gasteiger partial charge < -0.3 is 15.7 Å². The van der Waals surface area contributed by atoms with Crippen LogP contribution in [0.25, 0.3) is 22.0 Å². The largest absolute Gasteiger partial charge is 0.435 e. The zero-order valence-corrected chi connectivity index (χ0v) is 39.9. The number of anilines is 1. The number of aliphatic hydroxyl groups is 1. The fourth-order valence-corrected chi connectivity index (χ4v) is 8.61. The summed E-state index contributed by atoms with van der Waals surface area (Å²) in [5, 5.41) is 22.4. The average Bonchev–Trinajstić information content (AvgIpc) is 3.85. The molecule has 3 heterocycles. The highest BCUT2D eigenvalue weighted by atomic mass is 35.5. The van der Waals surface area contributed by atoms with Crippen molar-refractivity contribution < 1.29 is 62.8 Å². The van der Waals surface area contributed by atoms with E-state index in [9.17, 15) is 54.0 Å². The molecule has 0 saturated heterocycles. The highest BCUT2D eigenvalue weighted by Gasteiger charge is 2.53. The van der Waals surface area contributed by atoms with Crippen LogP contribution in [0, 0.1) is 23.5 Å². The predicted octanol–water partition coefficient (Wildman–Crippen LogP) is 9.58. The van der Waals surface area contributed by atoms with Gasteiger partial charge in [0.2, 0.25) is 5.91 Å². The van der Waals surface area contributed by atoms with E-state index in [1.165, 1.54) is 50.6 Å². The van der Waals surface area contributed by atoms with Gasteiger partial charge in [-0.3, -0.25) is 18.4 Å². The minimum atomic E-state index is -5.20. The zero-order chi connectivity index (χ0) is 51.3. The lowest BCUT2D eigenvalue weighted by Crippen LogP contribution is -2.43. The van der Waals surface area contributed by atoms with Crippen LogP contribution in [-0.4, -0.2) is 81.4 Å². The summed E-state index contributed by atoms with van der Waals surface area (Å²) in [5.41, 5.74) is -6.10. The van der Waals surface area contributed by atoms with Gasteiger partial charge in [-0.2, -0.15) is 45.3 Å². The van der Waals surface area contributed by atoms with E-state index in [-0.39, 0.29) is 61.0 Å². The maximum atomic E-state index is 15.4. The first kappa shape index (κ1) is 53.0. The first-order valence-corrected chi connectivity index (χ1v) is 23.7. The Morgan fingerprint density at radius 3 is 2.23 bits per heavy atom. The Labute approximate surface area is 400 Å². The van der Waals surface area contributed by atoms with E-state index < -0.39 is 118 Å². The van der Waals surface area contributed by atoms with Gasteiger partial charge in [-0.15, -0.1) is 0 Å². The Morgan fingerprint density at radius 1 is 1.01 bits per heavy atom. The van der Waals surface area contributed by atoms with Crippen LogP contribution in [0.5, 0.6) is 0 Å². The van der Waals surface area contributed by atoms with E-state index in [1.807, 2.05) is 0 Å². The topological polar surface area (TPSA) is 147 Å². The molecule has 2 aromatic carbocycles. The Bertz CT molecular complexity index is 2880. The molecule has 372 valence electrons. The van der Waals surface area contributed by atoms with E-state index >= 15 is 8.78 Å². The minimum absolute atomic E-state index is 0.1000. The second kappa shape index (κ2) is 19.4.